The van der Waals surface area contributed by atoms with Crippen molar-refractivity contribution in [2.45, 2.75) is 32.1 Å². The minimum absolute atomic E-state index is 0.0433. The fourth-order valence-electron chi connectivity index (χ4n) is 3.30. The quantitative estimate of drug-likeness (QED) is 0.442. The van der Waals surface area contributed by atoms with E-state index in [1.165, 1.54) is 0 Å². The fourth-order valence-corrected chi connectivity index (χ4v) is 3.30. The minimum atomic E-state index is -0.721. The number of allylic oxidation sites excluding steroid dienone is 1. The van der Waals surface area contributed by atoms with Crippen molar-refractivity contribution >= 4 is 17.9 Å². The van der Waals surface area contributed by atoms with E-state index in [1.807, 2.05) is 18.1 Å². The fraction of sp³-hybridized carbons (Fsp3) is 0.450. The summed E-state index contributed by atoms with van der Waals surface area (Å²) in [6, 6.07) is 5.58. The number of hydrogen-bond acceptors (Lipinski definition) is 6. The van der Waals surface area contributed by atoms with Crippen molar-refractivity contribution in [1.82, 2.24) is 0 Å². The van der Waals surface area contributed by atoms with E-state index >= 15 is 0 Å². The molecule has 0 aliphatic heterocycles. The smallest absolute Gasteiger partial charge is 0.345 e. The van der Waals surface area contributed by atoms with E-state index < -0.39 is 11.9 Å². The normalized spacial score (nSPS) is 19.1. The van der Waals surface area contributed by atoms with E-state index in [0.717, 1.165) is 5.56 Å². The summed E-state index contributed by atoms with van der Waals surface area (Å²) in [5.41, 5.74) is 1.22. The molecule has 2 unspecified atom stereocenters. The molecule has 0 bridgehead atoms. The maximum absolute atomic E-state index is 12.0. The molecule has 2 atom stereocenters. The Morgan fingerprint density at radius 2 is 1.77 bits per heavy atom. The standard InChI is InChI=1S/C20H22O6/c1-4-26-20(23)19(12-22)18-6-5-13(7-15(18)11-21)14-8-16(24-2)10-17(9-14)25-3/h8-10,13,18H,4-7H2,1-3H3. The van der Waals surface area contributed by atoms with Crippen molar-refractivity contribution in [3.8, 4) is 11.5 Å². The zero-order valence-electron chi connectivity index (χ0n) is 15.2. The summed E-state index contributed by atoms with van der Waals surface area (Å²) in [5.74, 6) is 3.65. The molecular weight excluding hydrogens is 336 g/mol. The third-order valence-electron chi connectivity index (χ3n) is 4.62. The molecule has 1 fully saturated rings. The van der Waals surface area contributed by atoms with E-state index in [4.69, 9.17) is 14.2 Å². The Morgan fingerprint density at radius 1 is 1.12 bits per heavy atom. The predicted molar refractivity (Wildman–Crippen MR) is 94.7 cm³/mol. The van der Waals surface area contributed by atoms with Crippen molar-refractivity contribution < 1.29 is 28.6 Å². The summed E-state index contributed by atoms with van der Waals surface area (Å²) >= 11 is 0. The molecule has 0 spiro atoms. The van der Waals surface area contributed by atoms with Crippen LogP contribution in [0.5, 0.6) is 11.5 Å². The van der Waals surface area contributed by atoms with Gasteiger partial charge in [-0.2, -0.15) is 0 Å². The topological polar surface area (TPSA) is 78.9 Å². The van der Waals surface area contributed by atoms with Crippen LogP contribution < -0.4 is 9.47 Å². The number of benzene rings is 1. The number of carbonyl (C=O) groups is 1. The van der Waals surface area contributed by atoms with E-state index in [2.05, 4.69) is 0 Å². The van der Waals surface area contributed by atoms with E-state index in [-0.39, 0.29) is 18.1 Å². The predicted octanol–water partition coefficient (Wildman–Crippen LogP) is 2.67. The number of rotatable bonds is 6. The Hall–Kier alpha value is -2.81. The Bertz CT molecular complexity index is 746. The van der Waals surface area contributed by atoms with Crippen molar-refractivity contribution in [3.05, 3.63) is 34.9 Å². The molecule has 1 saturated carbocycles. The molecule has 0 heterocycles. The number of ether oxygens (including phenoxy) is 3. The molecule has 1 aromatic rings. The number of hydrogen-bond donors (Lipinski definition) is 0. The highest BCUT2D eigenvalue weighted by atomic mass is 16.5. The molecule has 0 amide bonds. The van der Waals surface area contributed by atoms with Gasteiger partial charge < -0.3 is 14.2 Å². The molecule has 6 heteroatoms. The zero-order chi connectivity index (χ0) is 19.1. The van der Waals surface area contributed by atoms with E-state index in [1.54, 1.807) is 33.2 Å². The second kappa shape index (κ2) is 9.04. The maximum atomic E-state index is 12.0. The molecule has 0 aromatic heterocycles. The Morgan fingerprint density at radius 3 is 2.27 bits per heavy atom. The van der Waals surface area contributed by atoms with Crippen LogP contribution in [0.15, 0.2) is 29.3 Å². The molecule has 0 N–H and O–H groups in total. The first kappa shape index (κ1) is 19.5. The van der Waals surface area contributed by atoms with Crippen molar-refractivity contribution in [3.63, 3.8) is 0 Å². The summed E-state index contributed by atoms with van der Waals surface area (Å²) in [4.78, 5) is 34.7. The number of esters is 1. The van der Waals surface area contributed by atoms with Gasteiger partial charge >= 0.3 is 5.97 Å². The molecule has 138 valence electrons. The van der Waals surface area contributed by atoms with Gasteiger partial charge in [0, 0.05) is 17.6 Å². The van der Waals surface area contributed by atoms with Crippen LogP contribution in [0.2, 0.25) is 0 Å². The lowest BCUT2D eigenvalue weighted by atomic mass is 9.73. The third kappa shape index (κ3) is 4.23. The number of methoxy groups -OCH3 is 2. The van der Waals surface area contributed by atoms with Gasteiger partial charge in [0.05, 0.1) is 20.8 Å². The largest absolute Gasteiger partial charge is 0.497 e. The molecule has 0 saturated heterocycles. The molecule has 2 rings (SSSR count). The highest BCUT2D eigenvalue weighted by molar-refractivity contribution is 5.98. The Balaban J connectivity index is 2.27. The van der Waals surface area contributed by atoms with Gasteiger partial charge in [-0.15, -0.1) is 0 Å². The van der Waals surface area contributed by atoms with Gasteiger partial charge in [0.25, 0.3) is 0 Å². The lowest BCUT2D eigenvalue weighted by molar-refractivity contribution is -0.138. The second-order valence-corrected chi connectivity index (χ2v) is 6.04. The average molecular weight is 358 g/mol. The molecule has 1 aliphatic rings. The first-order chi connectivity index (χ1) is 12.6. The van der Waals surface area contributed by atoms with Crippen LogP contribution in [0.3, 0.4) is 0 Å². The first-order valence-corrected chi connectivity index (χ1v) is 8.46. The van der Waals surface area contributed by atoms with Gasteiger partial charge in [-0.3, -0.25) is 0 Å². The van der Waals surface area contributed by atoms with Crippen LogP contribution in [0.25, 0.3) is 0 Å². The highest BCUT2D eigenvalue weighted by Gasteiger charge is 2.34. The van der Waals surface area contributed by atoms with Gasteiger partial charge in [-0.05, 0) is 49.8 Å². The van der Waals surface area contributed by atoms with Gasteiger partial charge in [-0.25, -0.2) is 14.4 Å². The summed E-state index contributed by atoms with van der Waals surface area (Å²) in [7, 11) is 3.15. The average Bonchev–Trinajstić information content (AvgIpc) is 2.68. The maximum Gasteiger partial charge on any atom is 0.345 e. The molecule has 1 aliphatic carbocycles. The van der Waals surface area contributed by atoms with Crippen LogP contribution >= 0.6 is 0 Å². The zero-order valence-corrected chi connectivity index (χ0v) is 15.2. The highest BCUT2D eigenvalue weighted by Crippen LogP contribution is 2.42. The van der Waals surface area contributed by atoms with Gasteiger partial charge in [0.15, 0.2) is 0 Å². The van der Waals surface area contributed by atoms with Crippen molar-refractivity contribution in [2.75, 3.05) is 20.8 Å². The monoisotopic (exact) mass is 358 g/mol. The van der Waals surface area contributed by atoms with Gasteiger partial charge in [0.2, 0.25) is 0 Å². The Kier molecular flexibility index (Phi) is 6.79. The van der Waals surface area contributed by atoms with Crippen LogP contribution in [0.4, 0.5) is 0 Å². The van der Waals surface area contributed by atoms with Crippen LogP contribution in [-0.2, 0) is 19.1 Å². The molecule has 0 radical (unpaired) electrons. The second-order valence-electron chi connectivity index (χ2n) is 6.04. The summed E-state index contributed by atoms with van der Waals surface area (Å²) in [6.07, 6.45) is 1.56. The molecule has 6 nitrogen and oxygen atoms in total. The summed E-state index contributed by atoms with van der Waals surface area (Å²) in [6.45, 7) is 1.81. The van der Waals surface area contributed by atoms with E-state index in [9.17, 15) is 14.4 Å². The minimum Gasteiger partial charge on any atom is -0.497 e. The van der Waals surface area contributed by atoms with E-state index in [0.29, 0.717) is 36.3 Å². The van der Waals surface area contributed by atoms with Crippen LogP contribution in [-0.4, -0.2) is 38.7 Å². The number of carbonyl (C=O) groups excluding carboxylic acids is 3. The first-order valence-electron chi connectivity index (χ1n) is 8.46. The Labute approximate surface area is 152 Å². The third-order valence-corrected chi connectivity index (χ3v) is 4.62. The summed E-state index contributed by atoms with van der Waals surface area (Å²) < 4.78 is 15.5. The van der Waals surface area contributed by atoms with Gasteiger partial charge in [0.1, 0.15) is 29.0 Å². The lowest BCUT2D eigenvalue weighted by Gasteiger charge is -2.29. The van der Waals surface area contributed by atoms with Crippen molar-refractivity contribution in [2.24, 2.45) is 5.92 Å². The lowest BCUT2D eigenvalue weighted by Crippen LogP contribution is -2.24. The molecule has 26 heavy (non-hydrogen) atoms. The molecular formula is C20H22O6. The SMILES string of the molecule is CCOC(=O)C(=C=O)C1CCC(c2cc(OC)cc(OC)c2)CC1=C=O. The van der Waals surface area contributed by atoms with Crippen LogP contribution in [0, 0.1) is 5.92 Å². The van der Waals surface area contributed by atoms with Crippen molar-refractivity contribution in [1.29, 1.82) is 0 Å². The van der Waals surface area contributed by atoms with Gasteiger partial charge in [-0.1, -0.05) is 0 Å². The molecule has 1 aromatic carbocycles. The summed E-state index contributed by atoms with van der Waals surface area (Å²) in [5, 5.41) is 0. The van der Waals surface area contributed by atoms with Crippen LogP contribution in [0.1, 0.15) is 37.7 Å².